The van der Waals surface area contributed by atoms with E-state index in [2.05, 4.69) is 154 Å². The molecular formula is C43H27N3O. The number of rotatable bonds is 2. The van der Waals surface area contributed by atoms with Crippen molar-refractivity contribution in [3.63, 3.8) is 0 Å². The molecule has 0 saturated carbocycles. The molecule has 0 saturated heterocycles. The first kappa shape index (κ1) is 25.0. The maximum atomic E-state index is 6.19. The van der Waals surface area contributed by atoms with E-state index in [9.17, 15) is 0 Å². The molecule has 0 atom stereocenters. The minimum absolute atomic E-state index is 0.907. The molecule has 0 unspecified atom stereocenters. The lowest BCUT2D eigenvalue weighted by atomic mass is 10.1. The number of hydrogen-bond acceptors (Lipinski definition) is 1. The molecule has 0 N–H and O–H groups in total. The lowest BCUT2D eigenvalue weighted by molar-refractivity contribution is 0.669. The third-order valence-corrected chi connectivity index (χ3v) is 10.2. The van der Waals surface area contributed by atoms with Gasteiger partial charge in [0.1, 0.15) is 11.2 Å². The zero-order valence-corrected chi connectivity index (χ0v) is 25.6. The number of aryl methyl sites for hydroxylation is 1. The summed E-state index contributed by atoms with van der Waals surface area (Å²) in [7, 11) is 2.19. The maximum absolute atomic E-state index is 6.19. The Morgan fingerprint density at radius 2 is 0.809 bits per heavy atom. The first-order chi connectivity index (χ1) is 23.2. The van der Waals surface area contributed by atoms with Crippen molar-refractivity contribution in [1.82, 2.24) is 13.7 Å². The van der Waals surface area contributed by atoms with E-state index in [4.69, 9.17) is 4.42 Å². The summed E-state index contributed by atoms with van der Waals surface area (Å²) in [6, 6.07) is 52.8. The molecule has 4 heterocycles. The molecule has 0 aliphatic carbocycles. The number of hydrogen-bond donors (Lipinski definition) is 0. The van der Waals surface area contributed by atoms with Crippen molar-refractivity contribution in [3.05, 3.63) is 146 Å². The van der Waals surface area contributed by atoms with Crippen molar-refractivity contribution in [1.29, 1.82) is 0 Å². The summed E-state index contributed by atoms with van der Waals surface area (Å²) in [5.41, 5.74) is 11.4. The molecule has 7 aromatic carbocycles. The molecule has 0 amide bonds. The van der Waals surface area contributed by atoms with Gasteiger partial charge in [-0.2, -0.15) is 0 Å². The summed E-state index contributed by atoms with van der Waals surface area (Å²) in [6.45, 7) is 0. The summed E-state index contributed by atoms with van der Waals surface area (Å²) in [5, 5.41) is 9.81. The molecular weight excluding hydrogens is 574 g/mol. The highest BCUT2D eigenvalue weighted by molar-refractivity contribution is 6.19. The van der Waals surface area contributed by atoms with Crippen LogP contribution in [0.4, 0.5) is 0 Å². The van der Waals surface area contributed by atoms with Crippen molar-refractivity contribution < 1.29 is 4.42 Å². The molecule has 4 aromatic heterocycles. The Labute approximate surface area is 268 Å². The number of fused-ring (bicyclic) bond motifs is 12. The van der Waals surface area contributed by atoms with Crippen LogP contribution in [0.15, 0.2) is 150 Å². The quantitative estimate of drug-likeness (QED) is 0.194. The molecule has 220 valence electrons. The van der Waals surface area contributed by atoms with Crippen LogP contribution in [0.25, 0.3) is 98.7 Å². The Kier molecular flexibility index (Phi) is 4.75. The third kappa shape index (κ3) is 3.26. The molecule has 4 heteroatoms. The van der Waals surface area contributed by atoms with Crippen LogP contribution in [0, 0.1) is 0 Å². The molecule has 0 aliphatic heterocycles. The van der Waals surface area contributed by atoms with Crippen LogP contribution in [0.1, 0.15) is 0 Å². The van der Waals surface area contributed by atoms with Crippen molar-refractivity contribution in [2.75, 3.05) is 0 Å². The van der Waals surface area contributed by atoms with Crippen LogP contribution in [-0.4, -0.2) is 13.7 Å². The van der Waals surface area contributed by atoms with Gasteiger partial charge >= 0.3 is 0 Å². The van der Waals surface area contributed by atoms with Crippen LogP contribution >= 0.6 is 0 Å². The number of furan rings is 1. The smallest absolute Gasteiger partial charge is 0.135 e. The van der Waals surface area contributed by atoms with E-state index in [1.165, 1.54) is 71.1 Å². The van der Waals surface area contributed by atoms with Gasteiger partial charge in [0.15, 0.2) is 0 Å². The summed E-state index contributed by atoms with van der Waals surface area (Å²) < 4.78 is 13.4. The lowest BCUT2D eigenvalue weighted by Gasteiger charge is -2.09. The van der Waals surface area contributed by atoms with Gasteiger partial charge in [-0.15, -0.1) is 0 Å². The Morgan fingerprint density at radius 3 is 1.51 bits per heavy atom. The molecule has 4 nitrogen and oxygen atoms in total. The van der Waals surface area contributed by atoms with Crippen molar-refractivity contribution in [3.8, 4) is 11.4 Å². The molecule has 47 heavy (non-hydrogen) atoms. The van der Waals surface area contributed by atoms with Crippen LogP contribution < -0.4 is 0 Å². The van der Waals surface area contributed by atoms with Gasteiger partial charge in [0.2, 0.25) is 0 Å². The normalized spacial score (nSPS) is 12.4. The predicted octanol–water partition coefficient (Wildman–Crippen LogP) is 11.4. The zero-order valence-electron chi connectivity index (χ0n) is 25.6. The monoisotopic (exact) mass is 601 g/mol. The van der Waals surface area contributed by atoms with E-state index in [-0.39, 0.29) is 0 Å². The fourth-order valence-electron chi connectivity index (χ4n) is 8.13. The Morgan fingerprint density at radius 1 is 0.340 bits per heavy atom. The third-order valence-electron chi connectivity index (χ3n) is 10.2. The van der Waals surface area contributed by atoms with Crippen LogP contribution in [0.5, 0.6) is 0 Å². The lowest BCUT2D eigenvalue weighted by Crippen LogP contribution is -1.94. The average Bonchev–Trinajstić information content (AvgIpc) is 3.84. The zero-order chi connectivity index (χ0) is 30.8. The van der Waals surface area contributed by atoms with E-state index >= 15 is 0 Å². The molecule has 11 rings (SSSR count). The molecule has 0 spiro atoms. The number of benzene rings is 7. The highest BCUT2D eigenvalue weighted by Gasteiger charge is 2.19. The highest BCUT2D eigenvalue weighted by atomic mass is 16.3. The van der Waals surface area contributed by atoms with Gasteiger partial charge in [0, 0.05) is 72.5 Å². The predicted molar refractivity (Wildman–Crippen MR) is 196 cm³/mol. The van der Waals surface area contributed by atoms with Crippen LogP contribution in [0.2, 0.25) is 0 Å². The minimum atomic E-state index is 0.907. The van der Waals surface area contributed by atoms with Crippen molar-refractivity contribution in [2.45, 2.75) is 0 Å². The Hall–Kier alpha value is -6.26. The van der Waals surface area contributed by atoms with Gasteiger partial charge < -0.3 is 18.1 Å². The van der Waals surface area contributed by atoms with E-state index in [1.54, 1.807) is 0 Å². The van der Waals surface area contributed by atoms with Crippen LogP contribution in [0.3, 0.4) is 0 Å². The summed E-state index contributed by atoms with van der Waals surface area (Å²) in [5.74, 6) is 0. The fourth-order valence-corrected chi connectivity index (χ4v) is 8.13. The molecule has 0 fully saturated rings. The van der Waals surface area contributed by atoms with Gasteiger partial charge in [-0.1, -0.05) is 72.8 Å². The fraction of sp³-hybridized carbons (Fsp3) is 0.0233. The number of aromatic nitrogens is 3. The first-order valence-corrected chi connectivity index (χ1v) is 16.1. The summed E-state index contributed by atoms with van der Waals surface area (Å²) in [6.07, 6.45) is 0. The average molecular weight is 602 g/mol. The molecule has 0 radical (unpaired) electrons. The van der Waals surface area contributed by atoms with Gasteiger partial charge in [-0.25, -0.2) is 0 Å². The van der Waals surface area contributed by atoms with Crippen molar-refractivity contribution >= 4 is 87.4 Å². The highest BCUT2D eigenvalue weighted by Crippen LogP contribution is 2.40. The van der Waals surface area contributed by atoms with E-state index < -0.39 is 0 Å². The van der Waals surface area contributed by atoms with E-state index in [0.29, 0.717) is 0 Å². The largest absolute Gasteiger partial charge is 0.456 e. The number of nitrogens with zero attached hydrogens (tertiary/aromatic N) is 3. The van der Waals surface area contributed by atoms with Crippen LogP contribution in [-0.2, 0) is 7.05 Å². The number of para-hydroxylation sites is 4. The second-order valence-corrected chi connectivity index (χ2v) is 12.6. The molecule has 11 aromatic rings. The van der Waals surface area contributed by atoms with Gasteiger partial charge in [-0.3, -0.25) is 0 Å². The standard InChI is InChI=1S/C43H27N3O/c1-44-36-20-18-26(45-37-14-6-2-10-28(37)29-11-3-7-15-38(29)45)22-32(36)34-25-41-33(24-40(34)44)30-12-4-8-16-39(30)46(41)27-19-21-43-35(23-27)31-13-5-9-17-42(31)47-43/h2-25H,1H3. The van der Waals surface area contributed by atoms with Gasteiger partial charge in [-0.05, 0) is 72.8 Å². The topological polar surface area (TPSA) is 27.9 Å². The second kappa shape index (κ2) is 8.93. The Balaban J connectivity index is 1.22. The Bertz CT molecular complexity index is 3040. The van der Waals surface area contributed by atoms with Crippen molar-refractivity contribution in [2.24, 2.45) is 7.05 Å². The summed E-state index contributed by atoms with van der Waals surface area (Å²) >= 11 is 0. The SMILES string of the molecule is Cn1c2ccc(-n3c4ccccc4c4ccccc43)cc2c2cc3c(cc21)c1ccccc1n3-c1ccc2oc3ccccc3c2c1. The van der Waals surface area contributed by atoms with Gasteiger partial charge in [0.05, 0.1) is 22.1 Å². The maximum Gasteiger partial charge on any atom is 0.135 e. The van der Waals surface area contributed by atoms with Gasteiger partial charge in [0.25, 0.3) is 0 Å². The van der Waals surface area contributed by atoms with E-state index in [1.807, 2.05) is 12.1 Å². The molecule has 0 aliphatic rings. The van der Waals surface area contributed by atoms with E-state index in [0.717, 1.165) is 27.6 Å². The molecule has 0 bridgehead atoms. The minimum Gasteiger partial charge on any atom is -0.456 e. The first-order valence-electron chi connectivity index (χ1n) is 16.1. The summed E-state index contributed by atoms with van der Waals surface area (Å²) in [4.78, 5) is 0. The second-order valence-electron chi connectivity index (χ2n) is 12.6.